The van der Waals surface area contributed by atoms with Gasteiger partial charge in [-0.25, -0.2) is 9.59 Å². The molecule has 0 heterocycles. The summed E-state index contributed by atoms with van der Waals surface area (Å²) in [5.41, 5.74) is 1.13. The molecule has 1 rings (SSSR count). The second-order valence-corrected chi connectivity index (χ2v) is 5.04. The Morgan fingerprint density at radius 3 is 2.65 bits per heavy atom. The van der Waals surface area contributed by atoms with Gasteiger partial charge in [-0.3, -0.25) is 10.1 Å². The van der Waals surface area contributed by atoms with E-state index in [1.165, 1.54) is 0 Å². The van der Waals surface area contributed by atoms with E-state index in [2.05, 4.69) is 10.6 Å². The second-order valence-electron chi connectivity index (χ2n) is 5.04. The van der Waals surface area contributed by atoms with Gasteiger partial charge in [0.1, 0.15) is 0 Å². The van der Waals surface area contributed by atoms with E-state index in [1.54, 1.807) is 25.3 Å². The molecule has 0 aliphatic rings. The molecule has 0 saturated carbocycles. The topological polar surface area (TPSA) is 93.7 Å². The zero-order valence-corrected chi connectivity index (χ0v) is 13.5. The van der Waals surface area contributed by atoms with Crippen LogP contribution in [0, 0.1) is 0 Å². The minimum atomic E-state index is -0.688. The van der Waals surface area contributed by atoms with Gasteiger partial charge in [0.2, 0.25) is 0 Å². The summed E-state index contributed by atoms with van der Waals surface area (Å²) in [5.74, 6) is -1.33. The number of urea groups is 1. The maximum absolute atomic E-state index is 11.9. The number of rotatable bonds is 7. The first-order valence-corrected chi connectivity index (χ1v) is 7.31. The molecule has 0 aliphatic carbocycles. The zero-order valence-electron chi connectivity index (χ0n) is 13.5. The number of carbonyl (C=O) groups excluding carboxylic acids is 3. The van der Waals surface area contributed by atoms with Gasteiger partial charge in [0, 0.05) is 13.2 Å². The molecule has 0 fully saturated rings. The largest absolute Gasteiger partial charge is 0.452 e. The fourth-order valence-electron chi connectivity index (χ4n) is 1.69. The third-order valence-electron chi connectivity index (χ3n) is 3.05. The smallest absolute Gasteiger partial charge is 0.338 e. The van der Waals surface area contributed by atoms with Gasteiger partial charge in [-0.2, -0.15) is 0 Å². The number of nitrogens with one attached hydrogen (secondary N) is 2. The molecule has 126 valence electrons. The van der Waals surface area contributed by atoms with Crippen molar-refractivity contribution in [2.24, 2.45) is 0 Å². The Kier molecular flexibility index (Phi) is 7.76. The van der Waals surface area contributed by atoms with Gasteiger partial charge < -0.3 is 14.8 Å². The average molecular weight is 322 g/mol. The number of hydrogen-bond donors (Lipinski definition) is 2. The van der Waals surface area contributed by atoms with Crippen LogP contribution >= 0.6 is 0 Å². The molecule has 7 nitrogen and oxygen atoms in total. The van der Waals surface area contributed by atoms with Gasteiger partial charge in [-0.05, 0) is 31.0 Å². The number of amides is 3. The summed E-state index contributed by atoms with van der Waals surface area (Å²) in [6, 6.07) is 6.06. The maximum atomic E-state index is 11.9. The Hall–Kier alpha value is -2.41. The molecule has 0 aromatic heterocycles. The third kappa shape index (κ3) is 6.92. The Labute approximate surface area is 135 Å². The van der Waals surface area contributed by atoms with Crippen LogP contribution in [0.25, 0.3) is 0 Å². The summed E-state index contributed by atoms with van der Waals surface area (Å²) in [5, 5.41) is 4.67. The fourth-order valence-corrected chi connectivity index (χ4v) is 1.69. The molecule has 2 N–H and O–H groups in total. The van der Waals surface area contributed by atoms with Crippen molar-refractivity contribution in [3.05, 3.63) is 35.4 Å². The first kappa shape index (κ1) is 18.6. The van der Waals surface area contributed by atoms with Crippen LogP contribution in [0.5, 0.6) is 0 Å². The lowest BCUT2D eigenvalue weighted by Crippen LogP contribution is -2.44. The first-order valence-electron chi connectivity index (χ1n) is 7.31. The molecule has 0 aliphatic heterocycles. The van der Waals surface area contributed by atoms with Crippen LogP contribution in [0.15, 0.2) is 24.3 Å². The monoisotopic (exact) mass is 322 g/mol. The summed E-state index contributed by atoms with van der Waals surface area (Å²) in [7, 11) is 1.56. The minimum Gasteiger partial charge on any atom is -0.452 e. The van der Waals surface area contributed by atoms with Crippen molar-refractivity contribution < 1.29 is 23.9 Å². The summed E-state index contributed by atoms with van der Waals surface area (Å²) in [4.78, 5) is 34.9. The van der Waals surface area contributed by atoms with E-state index in [4.69, 9.17) is 9.47 Å². The van der Waals surface area contributed by atoms with Gasteiger partial charge in [-0.1, -0.05) is 19.1 Å². The predicted molar refractivity (Wildman–Crippen MR) is 83.9 cm³/mol. The number of benzene rings is 1. The van der Waals surface area contributed by atoms with E-state index >= 15 is 0 Å². The van der Waals surface area contributed by atoms with E-state index in [0.29, 0.717) is 12.2 Å². The Bertz CT molecular complexity index is 559. The zero-order chi connectivity index (χ0) is 17.2. The van der Waals surface area contributed by atoms with Crippen molar-refractivity contribution in [3.63, 3.8) is 0 Å². The average Bonchev–Trinajstić information content (AvgIpc) is 2.52. The first-order chi connectivity index (χ1) is 11.0. The molecule has 1 aromatic carbocycles. The van der Waals surface area contributed by atoms with Crippen LogP contribution in [0.3, 0.4) is 0 Å². The van der Waals surface area contributed by atoms with Crippen LogP contribution in [-0.2, 0) is 20.9 Å². The lowest BCUT2D eigenvalue weighted by atomic mass is 10.1. The summed E-state index contributed by atoms with van der Waals surface area (Å²) >= 11 is 0. The van der Waals surface area contributed by atoms with E-state index in [1.807, 2.05) is 19.9 Å². The molecule has 1 aromatic rings. The molecule has 0 saturated heterocycles. The van der Waals surface area contributed by atoms with Crippen molar-refractivity contribution in [3.8, 4) is 0 Å². The maximum Gasteiger partial charge on any atom is 0.338 e. The van der Waals surface area contributed by atoms with E-state index in [0.717, 1.165) is 12.0 Å². The second kappa shape index (κ2) is 9.58. The molecule has 0 spiro atoms. The summed E-state index contributed by atoms with van der Waals surface area (Å²) in [6.07, 6.45) is 0.744. The highest BCUT2D eigenvalue weighted by Crippen LogP contribution is 2.07. The number of imide groups is 1. The highest BCUT2D eigenvalue weighted by Gasteiger charge is 2.13. The lowest BCUT2D eigenvalue weighted by Gasteiger charge is -2.11. The molecule has 1 atom stereocenters. The number of carbonyl (C=O) groups is 3. The van der Waals surface area contributed by atoms with Crippen LogP contribution in [0.2, 0.25) is 0 Å². The number of ether oxygens (including phenoxy) is 2. The van der Waals surface area contributed by atoms with Gasteiger partial charge in [0.15, 0.2) is 6.61 Å². The van der Waals surface area contributed by atoms with Crippen LogP contribution in [-0.4, -0.2) is 37.7 Å². The normalized spacial score (nSPS) is 11.4. The number of methoxy groups -OCH3 is 1. The molecule has 23 heavy (non-hydrogen) atoms. The molecule has 0 unspecified atom stereocenters. The molecule has 7 heteroatoms. The molecular weight excluding hydrogens is 300 g/mol. The fraction of sp³-hybridized carbons (Fsp3) is 0.438. The van der Waals surface area contributed by atoms with Crippen LogP contribution < -0.4 is 10.6 Å². The number of hydrogen-bond acceptors (Lipinski definition) is 5. The summed E-state index contributed by atoms with van der Waals surface area (Å²) in [6.45, 7) is 3.57. The molecule has 3 amide bonds. The van der Waals surface area contributed by atoms with Crippen LogP contribution in [0.1, 0.15) is 36.2 Å². The van der Waals surface area contributed by atoms with Gasteiger partial charge >= 0.3 is 12.0 Å². The van der Waals surface area contributed by atoms with E-state index in [9.17, 15) is 14.4 Å². The molecule has 0 bridgehead atoms. The highest BCUT2D eigenvalue weighted by molar-refractivity contribution is 5.97. The standard InChI is InChI=1S/C16H22N2O5/c1-4-11(2)17-16(21)18-14(19)10-23-15(20)13-7-5-6-12(8-13)9-22-3/h5-8,11H,4,9-10H2,1-3H3,(H2,17,18,19,21)/t11-/m1/s1. The summed E-state index contributed by atoms with van der Waals surface area (Å²) < 4.78 is 9.87. The van der Waals surface area contributed by atoms with Crippen molar-refractivity contribution in [2.75, 3.05) is 13.7 Å². The van der Waals surface area contributed by atoms with Crippen LogP contribution in [0.4, 0.5) is 4.79 Å². The molecular formula is C16H22N2O5. The third-order valence-corrected chi connectivity index (χ3v) is 3.05. The quantitative estimate of drug-likeness (QED) is 0.744. The van der Waals surface area contributed by atoms with E-state index in [-0.39, 0.29) is 6.04 Å². The number of esters is 1. The Balaban J connectivity index is 2.45. The van der Waals surface area contributed by atoms with Crippen molar-refractivity contribution in [1.29, 1.82) is 0 Å². The van der Waals surface area contributed by atoms with Gasteiger partial charge in [-0.15, -0.1) is 0 Å². The minimum absolute atomic E-state index is 0.0473. The Morgan fingerprint density at radius 2 is 2.00 bits per heavy atom. The Morgan fingerprint density at radius 1 is 1.26 bits per heavy atom. The predicted octanol–water partition coefficient (Wildman–Crippen LogP) is 1.61. The highest BCUT2D eigenvalue weighted by atomic mass is 16.5. The SMILES string of the molecule is CC[C@@H](C)NC(=O)NC(=O)COC(=O)c1cccc(COC)c1. The van der Waals surface area contributed by atoms with Crippen molar-refractivity contribution in [1.82, 2.24) is 10.6 Å². The van der Waals surface area contributed by atoms with Gasteiger partial charge in [0.05, 0.1) is 12.2 Å². The van der Waals surface area contributed by atoms with E-state index < -0.39 is 24.5 Å². The van der Waals surface area contributed by atoms with Gasteiger partial charge in [0.25, 0.3) is 5.91 Å². The molecule has 0 radical (unpaired) electrons. The van der Waals surface area contributed by atoms with Crippen molar-refractivity contribution in [2.45, 2.75) is 32.9 Å². The van der Waals surface area contributed by atoms with Crippen molar-refractivity contribution >= 4 is 17.9 Å². The lowest BCUT2D eigenvalue weighted by molar-refractivity contribution is -0.123.